The van der Waals surface area contributed by atoms with E-state index < -0.39 is 6.80 Å². The third-order valence-electron chi connectivity index (χ3n) is 1.61. The molecule has 0 aromatic heterocycles. The number of hydrogen-bond donors (Lipinski definition) is 4. The van der Waals surface area contributed by atoms with Gasteiger partial charge < -0.3 is 20.8 Å². The van der Waals surface area contributed by atoms with Gasteiger partial charge in [0.1, 0.15) is 0 Å². The highest BCUT2D eigenvalue weighted by Gasteiger charge is 2.18. The van der Waals surface area contributed by atoms with E-state index in [4.69, 9.17) is 15.5 Å². The first-order valence-electron chi connectivity index (χ1n) is 4.63. The molecule has 5 nitrogen and oxygen atoms in total. The van der Waals surface area contributed by atoms with Gasteiger partial charge in [-0.1, -0.05) is 6.42 Å². The van der Waals surface area contributed by atoms with Crippen LogP contribution < -0.4 is 11.1 Å². The third kappa shape index (κ3) is 10.5. The lowest BCUT2D eigenvalue weighted by atomic mass is 10.2. The molecular formula is C7H19N2O3PS. The van der Waals surface area contributed by atoms with E-state index in [0.717, 1.165) is 25.8 Å². The molecule has 0 rings (SSSR count). The van der Waals surface area contributed by atoms with Crippen LogP contribution in [0.4, 0.5) is 0 Å². The molecule has 0 spiro atoms. The summed E-state index contributed by atoms with van der Waals surface area (Å²) in [6.45, 7) is -0.733. The molecule has 0 aliphatic carbocycles. The van der Waals surface area contributed by atoms with Crippen molar-refractivity contribution >= 4 is 18.2 Å². The van der Waals surface area contributed by atoms with Crippen molar-refractivity contribution in [2.75, 3.05) is 13.1 Å². The Labute approximate surface area is 88.7 Å². The van der Waals surface area contributed by atoms with Gasteiger partial charge in [0.15, 0.2) is 0 Å². The van der Waals surface area contributed by atoms with Crippen LogP contribution in [0, 0.1) is 0 Å². The largest absolute Gasteiger partial charge is 0.385 e. The summed E-state index contributed by atoms with van der Waals surface area (Å²) in [5.74, 6) is 0. The number of unbranched alkanes of at least 4 members (excludes halogenated alkanes) is 2. The van der Waals surface area contributed by atoms with E-state index in [2.05, 4.69) is 5.32 Å². The van der Waals surface area contributed by atoms with Crippen LogP contribution in [0.1, 0.15) is 26.2 Å². The molecule has 0 bridgehead atoms. The topological polar surface area (TPSA) is 95.6 Å². The molecule has 0 aliphatic heterocycles. The molecule has 0 amide bonds. The molecule has 1 unspecified atom stereocenters. The van der Waals surface area contributed by atoms with Gasteiger partial charge in [0.25, 0.3) is 0 Å². The Balaban J connectivity index is 3.36. The number of nitrogens with one attached hydrogen (secondary N) is 1. The number of nitrogens with two attached hydrogens (primary N) is 1. The van der Waals surface area contributed by atoms with Gasteiger partial charge >= 0.3 is 6.80 Å². The lowest BCUT2D eigenvalue weighted by molar-refractivity contribution is 0.396. The summed E-state index contributed by atoms with van der Waals surface area (Å²) in [4.78, 5) is 17.3. The highest BCUT2D eigenvalue weighted by atomic mass is 32.7. The molecule has 0 aliphatic rings. The zero-order valence-electron chi connectivity index (χ0n) is 8.35. The number of rotatable bonds is 8. The molecule has 0 saturated heterocycles. The second-order valence-electron chi connectivity index (χ2n) is 3.04. The van der Waals surface area contributed by atoms with E-state index in [0.29, 0.717) is 17.9 Å². The summed E-state index contributed by atoms with van der Waals surface area (Å²) < 4.78 is 10.6. The Morgan fingerprint density at radius 2 is 2.07 bits per heavy atom. The van der Waals surface area contributed by atoms with Crippen molar-refractivity contribution in [2.45, 2.75) is 31.6 Å². The minimum atomic E-state index is -3.95. The summed E-state index contributed by atoms with van der Waals surface area (Å²) in [5.41, 5.74) is 5.33. The fourth-order valence-electron chi connectivity index (χ4n) is 0.995. The van der Waals surface area contributed by atoms with Crippen LogP contribution in [-0.2, 0) is 4.57 Å². The minimum Gasteiger partial charge on any atom is -0.330 e. The Bertz CT molecular complexity index is 188. The van der Waals surface area contributed by atoms with E-state index in [1.54, 1.807) is 6.92 Å². The lowest BCUT2D eigenvalue weighted by Gasteiger charge is -2.13. The van der Waals surface area contributed by atoms with Crippen molar-refractivity contribution in [3.8, 4) is 0 Å². The fraction of sp³-hybridized carbons (Fsp3) is 1.00. The van der Waals surface area contributed by atoms with Crippen LogP contribution in [0.5, 0.6) is 0 Å². The van der Waals surface area contributed by atoms with Gasteiger partial charge in [-0.3, -0.25) is 0 Å². The van der Waals surface area contributed by atoms with Gasteiger partial charge in [-0.2, -0.15) is 0 Å². The normalized spacial score (nSPS) is 14.3. The second kappa shape index (κ2) is 7.68. The Kier molecular flexibility index (Phi) is 7.91. The standard InChI is InChI=1S/C7H19N2O3PS/c1-7(14-13(10,11)12)9-6-4-2-3-5-8/h7,9H,2-6,8H2,1H3,(H2,10,11,12). The van der Waals surface area contributed by atoms with Crippen LogP contribution in [0.2, 0.25) is 0 Å². The van der Waals surface area contributed by atoms with Crippen molar-refractivity contribution in [3.63, 3.8) is 0 Å². The highest BCUT2D eigenvalue weighted by Crippen LogP contribution is 2.51. The first kappa shape index (κ1) is 14.4. The van der Waals surface area contributed by atoms with E-state index in [-0.39, 0.29) is 5.37 Å². The maximum absolute atomic E-state index is 10.6. The first-order valence-corrected chi connectivity index (χ1v) is 7.73. The average molecular weight is 242 g/mol. The van der Waals surface area contributed by atoms with Crippen LogP contribution in [-0.4, -0.2) is 28.3 Å². The van der Waals surface area contributed by atoms with Gasteiger partial charge in [0.2, 0.25) is 0 Å². The molecular weight excluding hydrogens is 223 g/mol. The van der Waals surface area contributed by atoms with E-state index in [1.807, 2.05) is 0 Å². The molecule has 0 heterocycles. The third-order valence-corrected chi connectivity index (χ3v) is 4.14. The Hall–Kier alpha value is 0.420. The zero-order chi connectivity index (χ0) is 11.0. The Morgan fingerprint density at radius 1 is 1.43 bits per heavy atom. The molecule has 14 heavy (non-hydrogen) atoms. The van der Waals surface area contributed by atoms with Gasteiger partial charge in [-0.05, 0) is 44.2 Å². The maximum Gasteiger partial charge on any atom is 0.385 e. The summed E-state index contributed by atoms with van der Waals surface area (Å²) in [6.07, 6.45) is 3.04. The van der Waals surface area contributed by atoms with Crippen molar-refractivity contribution in [1.29, 1.82) is 0 Å². The predicted octanol–water partition coefficient (Wildman–Crippen LogP) is 0.877. The molecule has 5 N–H and O–H groups in total. The van der Waals surface area contributed by atoms with E-state index >= 15 is 0 Å². The van der Waals surface area contributed by atoms with Crippen LogP contribution in [0.15, 0.2) is 0 Å². The molecule has 86 valence electrons. The van der Waals surface area contributed by atoms with Crippen molar-refractivity contribution in [1.82, 2.24) is 5.32 Å². The van der Waals surface area contributed by atoms with E-state index in [9.17, 15) is 4.57 Å². The zero-order valence-corrected chi connectivity index (χ0v) is 10.1. The van der Waals surface area contributed by atoms with Crippen molar-refractivity contribution in [2.24, 2.45) is 5.73 Å². The highest BCUT2D eigenvalue weighted by molar-refractivity contribution is 8.54. The molecule has 0 radical (unpaired) electrons. The van der Waals surface area contributed by atoms with Crippen molar-refractivity contribution in [3.05, 3.63) is 0 Å². The summed E-state index contributed by atoms with van der Waals surface area (Å²) in [5, 5.41) is 2.81. The van der Waals surface area contributed by atoms with Gasteiger partial charge in [0, 0.05) is 0 Å². The molecule has 0 saturated carbocycles. The molecule has 0 aromatic rings. The number of hydrogen-bond acceptors (Lipinski definition) is 4. The smallest absolute Gasteiger partial charge is 0.330 e. The fourth-order valence-corrected chi connectivity index (χ4v) is 3.06. The monoisotopic (exact) mass is 242 g/mol. The van der Waals surface area contributed by atoms with Crippen LogP contribution in [0.25, 0.3) is 0 Å². The molecule has 0 aromatic carbocycles. The Morgan fingerprint density at radius 3 is 2.57 bits per heavy atom. The summed E-state index contributed by atoms with van der Waals surface area (Å²) >= 11 is 0.651. The van der Waals surface area contributed by atoms with Crippen LogP contribution in [0.3, 0.4) is 0 Å². The second-order valence-corrected chi connectivity index (χ2v) is 7.00. The quantitative estimate of drug-likeness (QED) is 0.287. The molecule has 0 fully saturated rings. The summed E-state index contributed by atoms with van der Waals surface area (Å²) in [6, 6.07) is 0. The summed E-state index contributed by atoms with van der Waals surface area (Å²) in [7, 11) is 0. The van der Waals surface area contributed by atoms with Gasteiger partial charge in [-0.25, -0.2) is 4.57 Å². The lowest BCUT2D eigenvalue weighted by Crippen LogP contribution is -2.23. The minimum absolute atomic E-state index is 0.214. The molecule has 1 atom stereocenters. The maximum atomic E-state index is 10.6. The average Bonchev–Trinajstić information content (AvgIpc) is 2.00. The van der Waals surface area contributed by atoms with Gasteiger partial charge in [-0.15, -0.1) is 0 Å². The van der Waals surface area contributed by atoms with Gasteiger partial charge in [0.05, 0.1) is 5.37 Å². The van der Waals surface area contributed by atoms with E-state index in [1.165, 1.54) is 0 Å². The van der Waals surface area contributed by atoms with Crippen molar-refractivity contribution < 1.29 is 14.4 Å². The predicted molar refractivity (Wildman–Crippen MR) is 60.0 cm³/mol. The first-order chi connectivity index (χ1) is 6.45. The van der Waals surface area contributed by atoms with Crippen LogP contribution >= 0.6 is 18.2 Å². The SMILES string of the molecule is CC(NCCCCCN)SP(=O)(O)O. The molecule has 7 heteroatoms.